The lowest BCUT2D eigenvalue weighted by Crippen LogP contribution is -2.40. The largest absolute Gasteiger partial charge is 0.459 e. The molecule has 0 aliphatic carbocycles. The average Bonchev–Trinajstić information content (AvgIpc) is 3.06. The molecule has 5 nitrogen and oxygen atoms in total. The van der Waals surface area contributed by atoms with Gasteiger partial charge in [0, 0.05) is 25.2 Å². The summed E-state index contributed by atoms with van der Waals surface area (Å²) < 4.78 is 5.24. The van der Waals surface area contributed by atoms with Crippen LogP contribution in [0.5, 0.6) is 0 Å². The first-order chi connectivity index (χ1) is 12.2. The molecule has 1 aromatic carbocycles. The van der Waals surface area contributed by atoms with Crippen LogP contribution in [0, 0.1) is 24.2 Å². The van der Waals surface area contributed by atoms with Crippen molar-refractivity contribution in [1.82, 2.24) is 10.2 Å². The van der Waals surface area contributed by atoms with Gasteiger partial charge < -0.3 is 9.73 Å². The Balaban J connectivity index is 1.54. The number of likely N-dealkylation sites (tertiary alicyclic amines) is 1. The third-order valence-corrected chi connectivity index (χ3v) is 4.75. The summed E-state index contributed by atoms with van der Waals surface area (Å²) in [5, 5.41) is 12.2. The summed E-state index contributed by atoms with van der Waals surface area (Å²) in [6.45, 7) is 5.26. The zero-order valence-corrected chi connectivity index (χ0v) is 14.5. The molecular formula is C20H23N3O2. The molecule has 0 unspecified atom stereocenters. The van der Waals surface area contributed by atoms with E-state index in [2.05, 4.69) is 16.3 Å². The van der Waals surface area contributed by atoms with Crippen molar-refractivity contribution in [2.45, 2.75) is 26.3 Å². The van der Waals surface area contributed by atoms with Crippen LogP contribution in [-0.2, 0) is 6.54 Å². The molecule has 1 aliphatic rings. The predicted octanol–water partition coefficient (Wildman–Crippen LogP) is 3.10. The van der Waals surface area contributed by atoms with E-state index in [-0.39, 0.29) is 5.91 Å². The van der Waals surface area contributed by atoms with Gasteiger partial charge in [0.05, 0.1) is 17.9 Å². The summed E-state index contributed by atoms with van der Waals surface area (Å²) in [5.41, 5.74) is 2.67. The van der Waals surface area contributed by atoms with E-state index in [4.69, 9.17) is 4.42 Å². The van der Waals surface area contributed by atoms with Crippen LogP contribution in [0.15, 0.2) is 41.0 Å². The second-order valence-corrected chi connectivity index (χ2v) is 6.66. The molecule has 1 aliphatic heterocycles. The monoisotopic (exact) mass is 337 g/mol. The lowest BCUT2D eigenvalue weighted by atomic mass is 9.97. The Hall–Kier alpha value is -2.58. The van der Waals surface area contributed by atoms with Gasteiger partial charge in [-0.15, -0.1) is 0 Å². The van der Waals surface area contributed by atoms with E-state index in [1.165, 1.54) is 0 Å². The molecule has 1 amide bonds. The number of nitrogens with one attached hydrogen (secondary N) is 1. The number of piperidine rings is 1. The number of aryl methyl sites for hydroxylation is 1. The van der Waals surface area contributed by atoms with Gasteiger partial charge in [0.2, 0.25) is 0 Å². The first-order valence-electron chi connectivity index (χ1n) is 8.70. The molecule has 1 aromatic heterocycles. The van der Waals surface area contributed by atoms with Crippen LogP contribution in [0.4, 0.5) is 0 Å². The van der Waals surface area contributed by atoms with Gasteiger partial charge in [0.1, 0.15) is 0 Å². The zero-order valence-electron chi connectivity index (χ0n) is 14.5. The van der Waals surface area contributed by atoms with Gasteiger partial charge in [-0.3, -0.25) is 9.69 Å². The Morgan fingerprint density at radius 1 is 1.40 bits per heavy atom. The molecule has 1 N–H and O–H groups in total. The van der Waals surface area contributed by atoms with Gasteiger partial charge in [-0.1, -0.05) is 18.2 Å². The molecule has 3 rings (SSSR count). The molecule has 2 heterocycles. The van der Waals surface area contributed by atoms with Crippen molar-refractivity contribution in [3.05, 3.63) is 59.0 Å². The Kier molecular flexibility index (Phi) is 5.52. The quantitative estimate of drug-likeness (QED) is 0.910. The molecule has 130 valence electrons. The number of hydrogen-bond donors (Lipinski definition) is 1. The highest BCUT2D eigenvalue weighted by molar-refractivity contribution is 5.92. The normalized spacial score (nSPS) is 17.8. The Morgan fingerprint density at radius 2 is 2.24 bits per heavy atom. The van der Waals surface area contributed by atoms with Crippen LogP contribution in [-0.4, -0.2) is 30.4 Å². The van der Waals surface area contributed by atoms with Gasteiger partial charge in [0.25, 0.3) is 5.91 Å². The van der Waals surface area contributed by atoms with E-state index in [0.717, 1.165) is 49.2 Å². The third-order valence-electron chi connectivity index (χ3n) is 4.75. The Labute approximate surface area is 148 Å². The first-order valence-corrected chi connectivity index (χ1v) is 8.70. The SMILES string of the molecule is Cc1ccoc1C(=O)NC[C@@H]1CCCN(Cc2ccccc2C#N)C1. The van der Waals surface area contributed by atoms with Crippen LogP contribution < -0.4 is 5.32 Å². The minimum atomic E-state index is -0.144. The van der Waals surface area contributed by atoms with E-state index in [1.54, 1.807) is 12.3 Å². The van der Waals surface area contributed by atoms with Crippen molar-refractivity contribution in [3.8, 4) is 6.07 Å². The lowest BCUT2D eigenvalue weighted by molar-refractivity contribution is 0.0902. The highest BCUT2D eigenvalue weighted by Crippen LogP contribution is 2.20. The second-order valence-electron chi connectivity index (χ2n) is 6.66. The summed E-state index contributed by atoms with van der Waals surface area (Å²) in [5.74, 6) is 0.673. The molecule has 0 saturated carbocycles. The summed E-state index contributed by atoms with van der Waals surface area (Å²) >= 11 is 0. The van der Waals surface area contributed by atoms with Crippen molar-refractivity contribution in [1.29, 1.82) is 5.26 Å². The highest BCUT2D eigenvalue weighted by Gasteiger charge is 2.22. The number of carbonyl (C=O) groups excluding carboxylic acids is 1. The number of amides is 1. The summed E-state index contributed by atoms with van der Waals surface area (Å²) in [6.07, 6.45) is 3.75. The molecule has 0 radical (unpaired) electrons. The van der Waals surface area contributed by atoms with Crippen LogP contribution >= 0.6 is 0 Å². The number of furan rings is 1. The number of rotatable bonds is 5. The summed E-state index contributed by atoms with van der Waals surface area (Å²) in [6, 6.07) is 11.8. The molecule has 2 aromatic rings. The van der Waals surface area contributed by atoms with Gasteiger partial charge >= 0.3 is 0 Å². The topological polar surface area (TPSA) is 69.3 Å². The standard InChI is InChI=1S/C20H23N3O2/c1-15-8-10-25-19(15)20(24)22-12-16-5-4-9-23(13-16)14-18-7-3-2-6-17(18)11-21/h2-3,6-8,10,16H,4-5,9,12-14H2,1H3,(H,22,24)/t16-/m0/s1. The van der Waals surface area contributed by atoms with E-state index >= 15 is 0 Å². The number of nitriles is 1. The Morgan fingerprint density at radius 3 is 3.00 bits per heavy atom. The molecule has 1 fully saturated rings. The molecule has 5 heteroatoms. The van der Waals surface area contributed by atoms with Gasteiger partial charge in [-0.05, 0) is 49.9 Å². The maximum atomic E-state index is 12.2. The van der Waals surface area contributed by atoms with Crippen LogP contribution in [0.2, 0.25) is 0 Å². The fourth-order valence-corrected chi connectivity index (χ4v) is 3.39. The maximum Gasteiger partial charge on any atom is 0.287 e. The average molecular weight is 337 g/mol. The van der Waals surface area contributed by atoms with E-state index in [1.807, 2.05) is 31.2 Å². The fourth-order valence-electron chi connectivity index (χ4n) is 3.39. The second kappa shape index (κ2) is 8.00. The molecule has 1 saturated heterocycles. The van der Waals surface area contributed by atoms with E-state index in [0.29, 0.717) is 18.2 Å². The predicted molar refractivity (Wildman–Crippen MR) is 94.9 cm³/mol. The van der Waals surface area contributed by atoms with Crippen LogP contribution in [0.25, 0.3) is 0 Å². The van der Waals surface area contributed by atoms with E-state index in [9.17, 15) is 10.1 Å². The number of nitrogens with zero attached hydrogens (tertiary/aromatic N) is 2. The lowest BCUT2D eigenvalue weighted by Gasteiger charge is -2.33. The minimum Gasteiger partial charge on any atom is -0.459 e. The molecule has 25 heavy (non-hydrogen) atoms. The van der Waals surface area contributed by atoms with Gasteiger partial charge in [-0.25, -0.2) is 0 Å². The van der Waals surface area contributed by atoms with Crippen molar-refractivity contribution >= 4 is 5.91 Å². The summed E-state index contributed by atoms with van der Waals surface area (Å²) in [4.78, 5) is 14.5. The molecule has 0 spiro atoms. The number of carbonyl (C=O) groups is 1. The first kappa shape index (κ1) is 17.2. The van der Waals surface area contributed by atoms with E-state index < -0.39 is 0 Å². The summed E-state index contributed by atoms with van der Waals surface area (Å²) in [7, 11) is 0. The number of benzene rings is 1. The zero-order chi connectivity index (χ0) is 17.6. The van der Waals surface area contributed by atoms with Crippen molar-refractivity contribution < 1.29 is 9.21 Å². The molecular weight excluding hydrogens is 314 g/mol. The highest BCUT2D eigenvalue weighted by atomic mass is 16.3. The smallest absolute Gasteiger partial charge is 0.287 e. The van der Waals surface area contributed by atoms with Crippen molar-refractivity contribution in [3.63, 3.8) is 0 Å². The van der Waals surface area contributed by atoms with Crippen molar-refractivity contribution in [2.24, 2.45) is 5.92 Å². The van der Waals surface area contributed by atoms with Crippen molar-refractivity contribution in [2.75, 3.05) is 19.6 Å². The van der Waals surface area contributed by atoms with Gasteiger partial charge in [0.15, 0.2) is 5.76 Å². The molecule has 0 bridgehead atoms. The molecule has 1 atom stereocenters. The maximum absolute atomic E-state index is 12.2. The number of hydrogen-bond acceptors (Lipinski definition) is 4. The Bertz CT molecular complexity index is 775. The van der Waals surface area contributed by atoms with Gasteiger partial charge in [-0.2, -0.15) is 5.26 Å². The van der Waals surface area contributed by atoms with Crippen LogP contribution in [0.3, 0.4) is 0 Å². The fraction of sp³-hybridized carbons (Fsp3) is 0.400. The minimum absolute atomic E-state index is 0.144. The third kappa shape index (κ3) is 4.28. The van der Waals surface area contributed by atoms with Crippen LogP contribution in [0.1, 0.15) is 40.1 Å².